The molecule has 0 saturated carbocycles. The summed E-state index contributed by atoms with van der Waals surface area (Å²) in [5.74, 6) is -0.837. The van der Waals surface area contributed by atoms with Crippen LogP contribution in [-0.4, -0.2) is 15.7 Å². The summed E-state index contributed by atoms with van der Waals surface area (Å²) in [5.41, 5.74) is 6.56. The van der Waals surface area contributed by atoms with Crippen molar-refractivity contribution in [2.45, 2.75) is 0 Å². The average molecular weight is 234 g/mol. The summed E-state index contributed by atoms with van der Waals surface area (Å²) in [4.78, 5) is 11.7. The summed E-state index contributed by atoms with van der Waals surface area (Å²) < 4.78 is 14.5. The lowest BCUT2D eigenvalue weighted by atomic mass is 10.2. The van der Waals surface area contributed by atoms with Crippen molar-refractivity contribution in [2.24, 2.45) is 7.05 Å². The van der Waals surface area contributed by atoms with Gasteiger partial charge in [-0.15, -0.1) is 0 Å². The molecule has 88 valence electrons. The Hall–Kier alpha value is -2.37. The molecule has 0 unspecified atom stereocenters. The van der Waals surface area contributed by atoms with Crippen LogP contribution in [0.3, 0.4) is 0 Å². The van der Waals surface area contributed by atoms with Crippen molar-refractivity contribution in [3.63, 3.8) is 0 Å². The monoisotopic (exact) mass is 234 g/mol. The first kappa shape index (κ1) is 11.1. The third-order valence-corrected chi connectivity index (χ3v) is 2.23. The summed E-state index contributed by atoms with van der Waals surface area (Å²) in [6.07, 6.45) is 2.98. The van der Waals surface area contributed by atoms with E-state index < -0.39 is 5.82 Å². The van der Waals surface area contributed by atoms with E-state index in [0.717, 1.165) is 0 Å². The fourth-order valence-corrected chi connectivity index (χ4v) is 1.37. The van der Waals surface area contributed by atoms with E-state index in [0.29, 0.717) is 11.3 Å². The highest BCUT2D eigenvalue weighted by atomic mass is 19.1. The van der Waals surface area contributed by atoms with Gasteiger partial charge in [-0.05, 0) is 18.2 Å². The van der Waals surface area contributed by atoms with Crippen molar-refractivity contribution in [1.82, 2.24) is 9.78 Å². The highest BCUT2D eigenvalue weighted by molar-refractivity contribution is 6.05. The molecule has 1 aromatic carbocycles. The molecule has 6 heteroatoms. The predicted molar refractivity (Wildman–Crippen MR) is 62.0 cm³/mol. The van der Waals surface area contributed by atoms with Crippen LogP contribution >= 0.6 is 0 Å². The van der Waals surface area contributed by atoms with Crippen LogP contribution in [0, 0.1) is 5.82 Å². The van der Waals surface area contributed by atoms with Crippen molar-refractivity contribution in [3.05, 3.63) is 42.0 Å². The zero-order valence-electron chi connectivity index (χ0n) is 9.14. The van der Waals surface area contributed by atoms with Crippen LogP contribution in [0.25, 0.3) is 0 Å². The Morgan fingerprint density at radius 1 is 1.53 bits per heavy atom. The molecular formula is C11H11FN4O. The van der Waals surface area contributed by atoms with Gasteiger partial charge in [-0.2, -0.15) is 5.10 Å². The number of halogens is 1. The second-order valence-electron chi connectivity index (χ2n) is 3.59. The van der Waals surface area contributed by atoms with Crippen molar-refractivity contribution in [1.29, 1.82) is 0 Å². The van der Waals surface area contributed by atoms with Crippen LogP contribution in [0.4, 0.5) is 15.8 Å². The van der Waals surface area contributed by atoms with E-state index in [1.54, 1.807) is 13.2 Å². The van der Waals surface area contributed by atoms with Gasteiger partial charge in [0.2, 0.25) is 0 Å². The maximum Gasteiger partial charge on any atom is 0.258 e. The number of nitrogens with two attached hydrogens (primary N) is 1. The molecule has 0 bridgehead atoms. The van der Waals surface area contributed by atoms with Gasteiger partial charge >= 0.3 is 0 Å². The lowest BCUT2D eigenvalue weighted by Crippen LogP contribution is -2.12. The molecule has 2 rings (SSSR count). The number of nitrogens with zero attached hydrogens (tertiary/aromatic N) is 2. The quantitative estimate of drug-likeness (QED) is 0.771. The molecule has 0 fully saturated rings. The molecule has 0 aliphatic rings. The number of rotatable bonds is 2. The minimum absolute atomic E-state index is 0.249. The summed E-state index contributed by atoms with van der Waals surface area (Å²) in [7, 11) is 1.70. The lowest BCUT2D eigenvalue weighted by Gasteiger charge is -2.06. The molecule has 0 aliphatic carbocycles. The van der Waals surface area contributed by atoms with Crippen LogP contribution in [0.1, 0.15) is 10.4 Å². The number of carbonyl (C=O) groups is 1. The van der Waals surface area contributed by atoms with Gasteiger partial charge in [-0.1, -0.05) is 0 Å². The Kier molecular flexibility index (Phi) is 2.78. The highest BCUT2D eigenvalue weighted by Gasteiger charge is 2.10. The van der Waals surface area contributed by atoms with E-state index in [1.807, 2.05) is 0 Å². The van der Waals surface area contributed by atoms with Crippen molar-refractivity contribution >= 4 is 17.3 Å². The molecule has 0 atom stereocenters. The van der Waals surface area contributed by atoms with E-state index in [2.05, 4.69) is 10.4 Å². The summed E-state index contributed by atoms with van der Waals surface area (Å²) in [6.45, 7) is 0. The number of hydrogen-bond acceptors (Lipinski definition) is 3. The molecule has 5 nitrogen and oxygen atoms in total. The van der Waals surface area contributed by atoms with Crippen LogP contribution in [0.15, 0.2) is 30.6 Å². The van der Waals surface area contributed by atoms with Crippen LogP contribution < -0.4 is 11.1 Å². The molecule has 0 saturated heterocycles. The van der Waals surface area contributed by atoms with Gasteiger partial charge in [-0.3, -0.25) is 9.48 Å². The number of nitrogen functional groups attached to an aromatic ring is 1. The Balaban J connectivity index is 2.21. The van der Waals surface area contributed by atoms with Gasteiger partial charge in [0.25, 0.3) is 5.91 Å². The molecule has 1 heterocycles. The lowest BCUT2D eigenvalue weighted by molar-refractivity contribution is 0.102. The zero-order chi connectivity index (χ0) is 12.4. The third-order valence-electron chi connectivity index (χ3n) is 2.23. The normalized spacial score (nSPS) is 10.2. The third kappa shape index (κ3) is 2.41. The van der Waals surface area contributed by atoms with Crippen LogP contribution in [-0.2, 0) is 7.05 Å². The number of hydrogen-bond donors (Lipinski definition) is 2. The predicted octanol–water partition coefficient (Wildman–Crippen LogP) is 1.39. The Morgan fingerprint density at radius 2 is 2.29 bits per heavy atom. The molecule has 0 aliphatic heterocycles. The molecule has 0 spiro atoms. The smallest absolute Gasteiger partial charge is 0.258 e. The second kappa shape index (κ2) is 4.25. The number of anilines is 2. The summed E-state index contributed by atoms with van der Waals surface area (Å²) in [6, 6.07) is 3.80. The Labute approximate surface area is 97.0 Å². The standard InChI is InChI=1S/C11H11FN4O/c1-16-6-7(5-14-16)11(17)15-10-4-8(12)2-3-9(10)13/h2-6H,13H2,1H3,(H,15,17). The number of aromatic nitrogens is 2. The van der Waals surface area contributed by atoms with Gasteiger partial charge in [0.05, 0.1) is 23.1 Å². The average Bonchev–Trinajstić information content (AvgIpc) is 2.70. The molecule has 2 aromatic rings. The maximum atomic E-state index is 13.0. The van der Waals surface area contributed by atoms with Gasteiger partial charge in [0.15, 0.2) is 0 Å². The number of aryl methyl sites for hydroxylation is 1. The maximum absolute atomic E-state index is 13.0. The molecule has 1 aromatic heterocycles. The van der Waals surface area contributed by atoms with Crippen LogP contribution in [0.2, 0.25) is 0 Å². The fraction of sp³-hybridized carbons (Fsp3) is 0.0909. The summed E-state index contributed by atoms with van der Waals surface area (Å²) >= 11 is 0. The van der Waals surface area contributed by atoms with Gasteiger partial charge in [0.1, 0.15) is 5.82 Å². The van der Waals surface area contributed by atoms with E-state index in [-0.39, 0.29) is 11.6 Å². The van der Waals surface area contributed by atoms with E-state index in [4.69, 9.17) is 5.73 Å². The zero-order valence-corrected chi connectivity index (χ0v) is 9.14. The molecule has 17 heavy (non-hydrogen) atoms. The van der Waals surface area contributed by atoms with E-state index in [9.17, 15) is 9.18 Å². The highest BCUT2D eigenvalue weighted by Crippen LogP contribution is 2.19. The van der Waals surface area contributed by atoms with Crippen molar-refractivity contribution in [3.8, 4) is 0 Å². The fourth-order valence-electron chi connectivity index (χ4n) is 1.37. The second-order valence-corrected chi connectivity index (χ2v) is 3.59. The number of carbonyl (C=O) groups excluding carboxylic acids is 1. The SMILES string of the molecule is Cn1cc(C(=O)Nc2cc(F)ccc2N)cn1. The van der Waals surface area contributed by atoms with E-state index >= 15 is 0 Å². The van der Waals surface area contributed by atoms with Gasteiger partial charge in [-0.25, -0.2) is 4.39 Å². The van der Waals surface area contributed by atoms with Gasteiger partial charge in [0, 0.05) is 13.2 Å². The van der Waals surface area contributed by atoms with Crippen molar-refractivity contribution < 1.29 is 9.18 Å². The minimum atomic E-state index is -0.458. The number of benzene rings is 1. The van der Waals surface area contributed by atoms with Crippen molar-refractivity contribution in [2.75, 3.05) is 11.1 Å². The Bertz CT molecular complexity index is 564. The van der Waals surface area contributed by atoms with Crippen LogP contribution in [0.5, 0.6) is 0 Å². The Morgan fingerprint density at radius 3 is 2.94 bits per heavy atom. The molecule has 1 amide bonds. The van der Waals surface area contributed by atoms with E-state index in [1.165, 1.54) is 29.1 Å². The number of amides is 1. The molecular weight excluding hydrogens is 223 g/mol. The minimum Gasteiger partial charge on any atom is -0.397 e. The first-order valence-corrected chi connectivity index (χ1v) is 4.91. The molecule has 0 radical (unpaired) electrons. The first-order valence-electron chi connectivity index (χ1n) is 4.91. The van der Waals surface area contributed by atoms with Gasteiger partial charge < -0.3 is 11.1 Å². The molecule has 3 N–H and O–H groups in total. The summed E-state index contributed by atoms with van der Waals surface area (Å²) in [5, 5.41) is 6.39. The largest absolute Gasteiger partial charge is 0.397 e. The number of nitrogens with one attached hydrogen (secondary N) is 1. The first-order chi connectivity index (χ1) is 8.06. The topological polar surface area (TPSA) is 72.9 Å².